The number of ether oxygens (including phenoxy) is 1. The van der Waals surface area contributed by atoms with Gasteiger partial charge in [0.05, 0.1) is 33.7 Å². The highest BCUT2D eigenvalue weighted by Crippen LogP contribution is 2.45. The topological polar surface area (TPSA) is 64.7 Å². The molecule has 1 aromatic carbocycles. The maximum atomic E-state index is 12.0. The number of thioether (sulfide) groups is 1. The number of halogens is 2. The Hall–Kier alpha value is -1.17. The number of hydrogen-bond acceptors (Lipinski definition) is 5. The number of nitrogens with zero attached hydrogens (tertiary/aromatic N) is 1. The molecule has 1 aromatic rings. The number of esters is 1. The van der Waals surface area contributed by atoms with Gasteiger partial charge in [0.25, 0.3) is 0 Å². The molecule has 106 valence electrons. The van der Waals surface area contributed by atoms with Gasteiger partial charge in [0.15, 0.2) is 5.17 Å². The van der Waals surface area contributed by atoms with Crippen LogP contribution in [0.3, 0.4) is 0 Å². The van der Waals surface area contributed by atoms with Gasteiger partial charge in [-0.25, -0.2) is 9.79 Å². The van der Waals surface area contributed by atoms with Crippen LogP contribution in [-0.4, -0.2) is 18.2 Å². The molecule has 1 atom stereocenters. The van der Waals surface area contributed by atoms with Crippen LogP contribution >= 0.6 is 35.0 Å². The average molecular weight is 331 g/mol. The van der Waals surface area contributed by atoms with Gasteiger partial charge in [-0.05, 0) is 18.6 Å². The first-order valence-corrected chi connectivity index (χ1v) is 7.33. The maximum Gasteiger partial charge on any atom is 0.337 e. The number of amidine groups is 1. The lowest BCUT2D eigenvalue weighted by Gasteiger charge is -2.24. The van der Waals surface area contributed by atoms with Gasteiger partial charge in [0.1, 0.15) is 0 Å². The number of nitrogens with two attached hydrogens (primary N) is 1. The molecule has 0 fully saturated rings. The fourth-order valence-electron chi connectivity index (χ4n) is 1.93. The molecule has 20 heavy (non-hydrogen) atoms. The molecule has 0 saturated carbocycles. The molecule has 0 saturated heterocycles. The second-order valence-corrected chi connectivity index (χ2v) is 5.99. The molecule has 0 unspecified atom stereocenters. The lowest BCUT2D eigenvalue weighted by Crippen LogP contribution is -2.21. The number of allylic oxidation sites excluding steroid dienone is 1. The molecular weight excluding hydrogens is 319 g/mol. The van der Waals surface area contributed by atoms with Crippen molar-refractivity contribution in [3.05, 3.63) is 45.1 Å². The average Bonchev–Trinajstić information content (AvgIpc) is 2.40. The molecule has 1 aliphatic heterocycles. The van der Waals surface area contributed by atoms with E-state index >= 15 is 0 Å². The summed E-state index contributed by atoms with van der Waals surface area (Å²) in [7, 11) is 1.32. The maximum absolute atomic E-state index is 12.0. The summed E-state index contributed by atoms with van der Waals surface area (Å²) in [4.78, 5) is 16.1. The van der Waals surface area contributed by atoms with Crippen LogP contribution in [-0.2, 0) is 9.53 Å². The zero-order chi connectivity index (χ0) is 14.9. The molecule has 0 spiro atoms. The van der Waals surface area contributed by atoms with E-state index in [4.69, 9.17) is 33.7 Å². The zero-order valence-electron chi connectivity index (χ0n) is 10.8. The first-order chi connectivity index (χ1) is 9.45. The first-order valence-electron chi connectivity index (χ1n) is 5.69. The van der Waals surface area contributed by atoms with Crippen LogP contribution in [0.15, 0.2) is 34.5 Å². The largest absolute Gasteiger partial charge is 0.466 e. The SMILES string of the molecule is COC(=O)C1=C(C)N=C(N)S[C@@H]1c1cccc(Cl)c1Cl. The van der Waals surface area contributed by atoms with Crippen molar-refractivity contribution in [3.63, 3.8) is 0 Å². The summed E-state index contributed by atoms with van der Waals surface area (Å²) >= 11 is 13.5. The minimum absolute atomic E-state index is 0.371. The summed E-state index contributed by atoms with van der Waals surface area (Å²) in [6, 6.07) is 5.27. The summed E-state index contributed by atoms with van der Waals surface area (Å²) in [6.07, 6.45) is 0. The van der Waals surface area contributed by atoms with Crippen LogP contribution in [0.5, 0.6) is 0 Å². The molecule has 0 amide bonds. The van der Waals surface area contributed by atoms with Gasteiger partial charge in [-0.3, -0.25) is 0 Å². The Morgan fingerprint density at radius 2 is 2.15 bits per heavy atom. The van der Waals surface area contributed by atoms with E-state index in [-0.39, 0.29) is 5.25 Å². The van der Waals surface area contributed by atoms with E-state index in [0.717, 1.165) is 0 Å². The van der Waals surface area contributed by atoms with Gasteiger partial charge in [-0.2, -0.15) is 0 Å². The third-order valence-corrected chi connectivity index (χ3v) is 4.73. The lowest BCUT2D eigenvalue weighted by molar-refractivity contribution is -0.136. The Morgan fingerprint density at radius 1 is 1.45 bits per heavy atom. The quantitative estimate of drug-likeness (QED) is 0.842. The molecule has 0 bridgehead atoms. The van der Waals surface area contributed by atoms with Crippen molar-refractivity contribution in [2.45, 2.75) is 12.2 Å². The van der Waals surface area contributed by atoms with E-state index < -0.39 is 5.97 Å². The van der Waals surface area contributed by atoms with E-state index in [0.29, 0.717) is 32.0 Å². The Morgan fingerprint density at radius 3 is 2.80 bits per heavy atom. The van der Waals surface area contributed by atoms with Crippen molar-refractivity contribution in [1.29, 1.82) is 0 Å². The minimum Gasteiger partial charge on any atom is -0.466 e. The highest BCUT2D eigenvalue weighted by Gasteiger charge is 2.32. The van der Waals surface area contributed by atoms with Gasteiger partial charge < -0.3 is 10.5 Å². The van der Waals surface area contributed by atoms with Gasteiger partial charge in [-0.15, -0.1) is 0 Å². The highest BCUT2D eigenvalue weighted by molar-refractivity contribution is 8.14. The summed E-state index contributed by atoms with van der Waals surface area (Å²) < 4.78 is 4.82. The van der Waals surface area contributed by atoms with Crippen molar-refractivity contribution < 1.29 is 9.53 Å². The monoisotopic (exact) mass is 330 g/mol. The van der Waals surface area contributed by atoms with E-state index in [1.165, 1.54) is 18.9 Å². The summed E-state index contributed by atoms with van der Waals surface area (Å²) in [5.41, 5.74) is 7.45. The number of hydrogen-bond donors (Lipinski definition) is 1. The number of benzene rings is 1. The Balaban J connectivity index is 2.57. The molecule has 2 N–H and O–H groups in total. The summed E-state index contributed by atoms with van der Waals surface area (Å²) in [5.74, 6) is -0.452. The number of carbonyl (C=O) groups is 1. The zero-order valence-corrected chi connectivity index (χ0v) is 13.1. The van der Waals surface area contributed by atoms with Crippen molar-refractivity contribution in [2.24, 2.45) is 10.7 Å². The van der Waals surface area contributed by atoms with E-state index in [1.54, 1.807) is 25.1 Å². The molecule has 2 rings (SSSR count). The van der Waals surface area contributed by atoms with Crippen molar-refractivity contribution in [3.8, 4) is 0 Å². The molecule has 1 aliphatic rings. The van der Waals surface area contributed by atoms with Gasteiger partial charge in [0.2, 0.25) is 0 Å². The standard InChI is InChI=1S/C13H12Cl2N2O2S/c1-6-9(12(18)19-2)11(20-13(16)17-6)7-4-3-5-8(14)10(7)15/h3-5,11H,1-2H3,(H2,16,17)/t11-/m1/s1. The first kappa shape index (κ1) is 15.2. The fraction of sp³-hybridized carbons (Fsp3) is 0.231. The Labute approximate surface area is 131 Å². The van der Waals surface area contributed by atoms with Crippen molar-refractivity contribution in [2.75, 3.05) is 7.11 Å². The summed E-state index contributed by atoms with van der Waals surface area (Å²) in [5, 5.41) is 0.811. The molecule has 0 aromatic heterocycles. The predicted octanol–water partition coefficient (Wildman–Crippen LogP) is 3.54. The molecule has 4 nitrogen and oxygen atoms in total. The van der Waals surface area contributed by atoms with E-state index in [9.17, 15) is 4.79 Å². The van der Waals surface area contributed by atoms with Crippen LogP contribution in [0.1, 0.15) is 17.7 Å². The van der Waals surface area contributed by atoms with E-state index in [1.807, 2.05) is 0 Å². The van der Waals surface area contributed by atoms with Crippen LogP contribution in [0.4, 0.5) is 0 Å². The number of aliphatic imine (C=N–C) groups is 1. The van der Waals surface area contributed by atoms with Crippen LogP contribution in [0, 0.1) is 0 Å². The second kappa shape index (κ2) is 6.08. The number of carbonyl (C=O) groups excluding carboxylic acids is 1. The second-order valence-electron chi connectivity index (χ2n) is 4.08. The van der Waals surface area contributed by atoms with Gasteiger partial charge >= 0.3 is 5.97 Å². The Bertz CT molecular complexity index is 629. The minimum atomic E-state index is -0.452. The number of rotatable bonds is 2. The van der Waals surface area contributed by atoms with Crippen LogP contribution in [0.25, 0.3) is 0 Å². The Kier molecular flexibility index (Phi) is 4.62. The van der Waals surface area contributed by atoms with Gasteiger partial charge in [0, 0.05) is 0 Å². The molecule has 0 aliphatic carbocycles. The normalized spacial score (nSPS) is 18.8. The fourth-order valence-corrected chi connectivity index (χ4v) is 3.55. The molecule has 7 heteroatoms. The van der Waals surface area contributed by atoms with Crippen LogP contribution in [0.2, 0.25) is 10.0 Å². The highest BCUT2D eigenvalue weighted by atomic mass is 35.5. The third-order valence-electron chi connectivity index (χ3n) is 2.84. The summed E-state index contributed by atoms with van der Waals surface area (Å²) in [6.45, 7) is 1.71. The van der Waals surface area contributed by atoms with Gasteiger partial charge in [-0.1, -0.05) is 47.1 Å². The number of methoxy groups -OCH3 is 1. The molecule has 1 heterocycles. The van der Waals surface area contributed by atoms with E-state index in [2.05, 4.69) is 4.99 Å². The van der Waals surface area contributed by atoms with Crippen LogP contribution < -0.4 is 5.73 Å². The molecular formula is C13H12Cl2N2O2S. The molecule has 0 radical (unpaired) electrons. The van der Waals surface area contributed by atoms with Crippen molar-refractivity contribution in [1.82, 2.24) is 0 Å². The lowest BCUT2D eigenvalue weighted by atomic mass is 10.0. The smallest absolute Gasteiger partial charge is 0.337 e. The predicted molar refractivity (Wildman–Crippen MR) is 83.1 cm³/mol. The third kappa shape index (κ3) is 2.80. The van der Waals surface area contributed by atoms with Crippen molar-refractivity contribution >= 4 is 46.1 Å².